The van der Waals surface area contributed by atoms with E-state index in [9.17, 15) is 4.79 Å². The zero-order valence-electron chi connectivity index (χ0n) is 14.8. The number of carbonyl (C=O) groups excluding carboxylic acids is 1. The fourth-order valence-electron chi connectivity index (χ4n) is 2.85. The smallest absolute Gasteiger partial charge is 0.250 e. The maximum Gasteiger partial charge on any atom is 0.250 e. The molecule has 0 aliphatic carbocycles. The van der Waals surface area contributed by atoms with Crippen molar-refractivity contribution < 1.29 is 4.79 Å². The molecule has 0 bridgehead atoms. The van der Waals surface area contributed by atoms with Crippen LogP contribution in [0.15, 0.2) is 30.3 Å². The first-order valence-corrected chi connectivity index (χ1v) is 8.78. The highest BCUT2D eigenvalue weighted by Crippen LogP contribution is 2.16. The highest BCUT2D eigenvalue weighted by molar-refractivity contribution is 5.78. The Morgan fingerprint density at radius 1 is 1.20 bits per heavy atom. The number of anilines is 1. The van der Waals surface area contributed by atoms with Crippen LogP contribution in [0.5, 0.6) is 0 Å². The van der Waals surface area contributed by atoms with E-state index in [0.717, 1.165) is 44.2 Å². The lowest BCUT2D eigenvalue weighted by Crippen LogP contribution is -2.50. The first-order chi connectivity index (χ1) is 12.2. The fraction of sp³-hybridized carbons (Fsp3) is 0.529. The third kappa shape index (κ3) is 4.33. The van der Waals surface area contributed by atoms with E-state index in [0.29, 0.717) is 6.54 Å². The van der Waals surface area contributed by atoms with Gasteiger partial charge in [0.2, 0.25) is 11.9 Å². The van der Waals surface area contributed by atoms with Crippen LogP contribution >= 0.6 is 0 Å². The molecule has 1 N–H and O–H groups in total. The van der Waals surface area contributed by atoms with Crippen LogP contribution in [0.4, 0.5) is 5.95 Å². The van der Waals surface area contributed by atoms with Gasteiger partial charge in [0.25, 0.3) is 0 Å². The third-order valence-corrected chi connectivity index (χ3v) is 4.50. The summed E-state index contributed by atoms with van der Waals surface area (Å²) in [5.41, 5.74) is 0.942. The molecule has 1 aliphatic heterocycles. The van der Waals surface area contributed by atoms with Crippen molar-refractivity contribution in [3.8, 4) is 5.69 Å². The number of amides is 1. The Hall–Kier alpha value is -2.48. The van der Waals surface area contributed by atoms with Crippen LogP contribution in [0.3, 0.4) is 0 Å². The van der Waals surface area contributed by atoms with Crippen LogP contribution < -0.4 is 10.2 Å². The molecule has 8 heteroatoms. The third-order valence-electron chi connectivity index (χ3n) is 4.50. The molecule has 1 aromatic carbocycles. The van der Waals surface area contributed by atoms with Crippen LogP contribution in [0.1, 0.15) is 20.3 Å². The van der Waals surface area contributed by atoms with Crippen molar-refractivity contribution in [2.45, 2.75) is 26.3 Å². The standard InChI is InChI=1S/C17H25N7O/c1-3-14(2)18-16(25)13-22-9-11-23(12-10-22)17-19-20-21-24(17)15-7-5-4-6-8-15/h4-8,14H,3,9-13H2,1-2H3,(H,18,25)/t14-/m1/s1. The molecule has 1 fully saturated rings. The molecule has 1 amide bonds. The number of rotatable bonds is 6. The number of hydrogen-bond acceptors (Lipinski definition) is 6. The Labute approximate surface area is 147 Å². The zero-order chi connectivity index (χ0) is 17.6. The summed E-state index contributed by atoms with van der Waals surface area (Å²) in [6.45, 7) is 7.76. The number of nitrogens with zero attached hydrogens (tertiary/aromatic N) is 6. The van der Waals surface area contributed by atoms with E-state index in [1.165, 1.54) is 0 Å². The predicted molar refractivity (Wildman–Crippen MR) is 95.7 cm³/mol. The van der Waals surface area contributed by atoms with Crippen LogP contribution in [0.25, 0.3) is 5.69 Å². The van der Waals surface area contributed by atoms with Crippen molar-refractivity contribution in [3.63, 3.8) is 0 Å². The molecule has 1 atom stereocenters. The highest BCUT2D eigenvalue weighted by atomic mass is 16.2. The lowest BCUT2D eigenvalue weighted by Gasteiger charge is -2.34. The summed E-state index contributed by atoms with van der Waals surface area (Å²) in [6.07, 6.45) is 0.946. The van der Waals surface area contributed by atoms with Gasteiger partial charge in [0.1, 0.15) is 0 Å². The number of piperazine rings is 1. The van der Waals surface area contributed by atoms with Crippen LogP contribution in [-0.2, 0) is 4.79 Å². The summed E-state index contributed by atoms with van der Waals surface area (Å²) in [5.74, 6) is 0.840. The highest BCUT2D eigenvalue weighted by Gasteiger charge is 2.23. The second kappa shape index (κ2) is 8.06. The lowest BCUT2D eigenvalue weighted by atomic mass is 10.2. The van der Waals surface area contributed by atoms with Gasteiger partial charge in [-0.1, -0.05) is 30.2 Å². The Bertz CT molecular complexity index is 679. The maximum atomic E-state index is 12.0. The molecule has 8 nitrogen and oxygen atoms in total. The number of tetrazole rings is 1. The molecular weight excluding hydrogens is 318 g/mol. The van der Waals surface area contributed by atoms with Gasteiger partial charge in [-0.2, -0.15) is 4.68 Å². The van der Waals surface area contributed by atoms with Gasteiger partial charge in [-0.25, -0.2) is 0 Å². The molecule has 0 unspecified atom stereocenters. The molecule has 25 heavy (non-hydrogen) atoms. The molecule has 1 aliphatic rings. The molecule has 1 aromatic heterocycles. The average molecular weight is 343 g/mol. The summed E-state index contributed by atoms with van der Waals surface area (Å²) >= 11 is 0. The van der Waals surface area contributed by atoms with Crippen molar-refractivity contribution in [2.75, 3.05) is 37.6 Å². The fourth-order valence-corrected chi connectivity index (χ4v) is 2.85. The van der Waals surface area contributed by atoms with Crippen molar-refractivity contribution in [3.05, 3.63) is 30.3 Å². The minimum absolute atomic E-state index is 0.0944. The zero-order valence-corrected chi connectivity index (χ0v) is 14.8. The number of carbonyl (C=O) groups is 1. The van der Waals surface area contributed by atoms with Gasteiger partial charge in [-0.15, -0.1) is 0 Å². The van der Waals surface area contributed by atoms with E-state index in [1.54, 1.807) is 4.68 Å². The van der Waals surface area contributed by atoms with Gasteiger partial charge < -0.3 is 10.2 Å². The van der Waals surface area contributed by atoms with E-state index in [2.05, 4.69) is 37.6 Å². The van der Waals surface area contributed by atoms with Gasteiger partial charge in [0.05, 0.1) is 12.2 Å². The van der Waals surface area contributed by atoms with Gasteiger partial charge in [-0.05, 0) is 35.9 Å². The minimum atomic E-state index is 0.0944. The molecule has 2 heterocycles. The Kier molecular flexibility index (Phi) is 5.60. The number of para-hydroxylation sites is 1. The second-order valence-corrected chi connectivity index (χ2v) is 6.37. The van der Waals surface area contributed by atoms with E-state index in [-0.39, 0.29) is 11.9 Å². The number of aromatic nitrogens is 4. The first-order valence-electron chi connectivity index (χ1n) is 8.78. The van der Waals surface area contributed by atoms with E-state index >= 15 is 0 Å². The predicted octanol–water partition coefficient (Wildman–Crippen LogP) is 0.699. The van der Waals surface area contributed by atoms with Gasteiger partial charge in [0, 0.05) is 32.2 Å². The van der Waals surface area contributed by atoms with Gasteiger partial charge in [0.15, 0.2) is 0 Å². The summed E-state index contributed by atoms with van der Waals surface area (Å²) in [7, 11) is 0. The Balaban J connectivity index is 1.57. The molecule has 134 valence electrons. The van der Waals surface area contributed by atoms with E-state index in [4.69, 9.17) is 0 Å². The van der Waals surface area contributed by atoms with Gasteiger partial charge >= 0.3 is 0 Å². The van der Waals surface area contributed by atoms with Crippen molar-refractivity contribution in [2.24, 2.45) is 0 Å². The van der Waals surface area contributed by atoms with Crippen LogP contribution in [0.2, 0.25) is 0 Å². The molecule has 0 radical (unpaired) electrons. The van der Waals surface area contributed by atoms with Crippen LogP contribution in [0, 0.1) is 0 Å². The molecule has 1 saturated heterocycles. The van der Waals surface area contributed by atoms with Crippen molar-refractivity contribution >= 4 is 11.9 Å². The molecular formula is C17H25N7O. The summed E-state index contributed by atoms with van der Waals surface area (Å²) < 4.78 is 1.76. The van der Waals surface area contributed by atoms with Crippen molar-refractivity contribution in [1.82, 2.24) is 30.4 Å². The quantitative estimate of drug-likeness (QED) is 0.832. The Morgan fingerprint density at radius 2 is 1.92 bits per heavy atom. The van der Waals surface area contributed by atoms with E-state index < -0.39 is 0 Å². The van der Waals surface area contributed by atoms with Crippen LogP contribution in [-0.4, -0.2) is 69.8 Å². The second-order valence-electron chi connectivity index (χ2n) is 6.37. The molecule has 2 aromatic rings. The van der Waals surface area contributed by atoms with E-state index in [1.807, 2.05) is 37.3 Å². The number of nitrogens with one attached hydrogen (secondary N) is 1. The summed E-state index contributed by atoms with van der Waals surface area (Å²) in [6, 6.07) is 10.1. The lowest BCUT2D eigenvalue weighted by molar-refractivity contribution is -0.122. The van der Waals surface area contributed by atoms with Crippen molar-refractivity contribution in [1.29, 1.82) is 0 Å². The number of hydrogen-bond donors (Lipinski definition) is 1. The molecule has 3 rings (SSSR count). The molecule has 0 spiro atoms. The number of benzene rings is 1. The summed E-state index contributed by atoms with van der Waals surface area (Å²) in [5, 5.41) is 15.1. The summed E-state index contributed by atoms with van der Waals surface area (Å²) in [4.78, 5) is 16.4. The SMILES string of the molecule is CC[C@@H](C)NC(=O)CN1CCN(c2nnnn2-c2ccccc2)CC1. The minimum Gasteiger partial charge on any atom is -0.353 e. The first kappa shape index (κ1) is 17.3. The Morgan fingerprint density at radius 3 is 2.60 bits per heavy atom. The van der Waals surface area contributed by atoms with Gasteiger partial charge in [-0.3, -0.25) is 9.69 Å². The largest absolute Gasteiger partial charge is 0.353 e. The normalized spacial score (nSPS) is 16.6. The molecule has 0 saturated carbocycles. The monoisotopic (exact) mass is 343 g/mol. The average Bonchev–Trinajstić information content (AvgIpc) is 3.12. The maximum absolute atomic E-state index is 12.0. The topological polar surface area (TPSA) is 79.2 Å².